The van der Waals surface area contributed by atoms with Gasteiger partial charge in [0.25, 0.3) is 0 Å². The van der Waals surface area contributed by atoms with Crippen molar-refractivity contribution in [1.82, 2.24) is 0 Å². The summed E-state index contributed by atoms with van der Waals surface area (Å²) in [6.45, 7) is 0.925. The standard InChI is InChI=1S/C17H21F3N2O.ClH/c18-17(19,20)14-6-2-1-5-13(14)16(23)22-12-7-8-15-11(10-12)4-3-9-21-15;/h7-8,10,13-14,21H,1-6,9H2,(H,22,23);1H. The van der Waals surface area contributed by atoms with Crippen LogP contribution in [0.4, 0.5) is 24.5 Å². The summed E-state index contributed by atoms with van der Waals surface area (Å²) in [5.41, 5.74) is 2.73. The van der Waals surface area contributed by atoms with Gasteiger partial charge in [0.05, 0.1) is 5.92 Å². The fourth-order valence-corrected chi connectivity index (χ4v) is 3.62. The van der Waals surface area contributed by atoms with Crippen LogP contribution in [-0.2, 0) is 11.2 Å². The monoisotopic (exact) mass is 362 g/mol. The van der Waals surface area contributed by atoms with Gasteiger partial charge in [-0.05, 0) is 49.4 Å². The van der Waals surface area contributed by atoms with Crippen LogP contribution in [0.2, 0.25) is 0 Å². The summed E-state index contributed by atoms with van der Waals surface area (Å²) in [4.78, 5) is 12.4. The summed E-state index contributed by atoms with van der Waals surface area (Å²) in [6.07, 6.45) is -0.790. The van der Waals surface area contributed by atoms with Crippen molar-refractivity contribution >= 4 is 29.7 Å². The molecule has 0 saturated heterocycles. The second kappa shape index (κ2) is 7.64. The molecule has 1 heterocycles. The van der Waals surface area contributed by atoms with E-state index in [1.807, 2.05) is 12.1 Å². The van der Waals surface area contributed by atoms with Crippen molar-refractivity contribution in [3.63, 3.8) is 0 Å². The van der Waals surface area contributed by atoms with Crippen molar-refractivity contribution < 1.29 is 18.0 Å². The van der Waals surface area contributed by atoms with E-state index in [1.54, 1.807) is 6.07 Å². The Morgan fingerprint density at radius 2 is 1.92 bits per heavy atom. The number of hydrogen-bond donors (Lipinski definition) is 2. The molecule has 1 aromatic carbocycles. The second-order valence-corrected chi connectivity index (χ2v) is 6.43. The highest BCUT2D eigenvalue weighted by atomic mass is 35.5. The molecule has 134 valence electrons. The third-order valence-corrected chi connectivity index (χ3v) is 4.83. The highest BCUT2D eigenvalue weighted by molar-refractivity contribution is 5.93. The van der Waals surface area contributed by atoms with E-state index < -0.39 is 23.9 Å². The van der Waals surface area contributed by atoms with E-state index in [1.165, 1.54) is 0 Å². The van der Waals surface area contributed by atoms with Crippen LogP contribution in [0.5, 0.6) is 0 Å². The van der Waals surface area contributed by atoms with Gasteiger partial charge in [-0.25, -0.2) is 0 Å². The largest absolute Gasteiger partial charge is 0.392 e. The molecule has 2 N–H and O–H groups in total. The number of halogens is 4. The fraction of sp³-hybridized carbons (Fsp3) is 0.588. The lowest BCUT2D eigenvalue weighted by Crippen LogP contribution is -2.39. The Balaban J connectivity index is 0.00000208. The zero-order valence-corrected chi connectivity index (χ0v) is 14.1. The Hall–Kier alpha value is -1.43. The summed E-state index contributed by atoms with van der Waals surface area (Å²) in [5, 5.41) is 5.97. The Bertz CT molecular complexity index is 592. The molecule has 1 saturated carbocycles. The van der Waals surface area contributed by atoms with Crippen LogP contribution in [0.15, 0.2) is 18.2 Å². The molecular weight excluding hydrogens is 341 g/mol. The first kappa shape index (κ1) is 18.9. The number of carbonyl (C=O) groups is 1. The fourth-order valence-electron chi connectivity index (χ4n) is 3.62. The maximum atomic E-state index is 13.1. The third-order valence-electron chi connectivity index (χ3n) is 4.83. The van der Waals surface area contributed by atoms with Crippen molar-refractivity contribution in [2.45, 2.75) is 44.7 Å². The van der Waals surface area contributed by atoms with E-state index in [-0.39, 0.29) is 18.8 Å². The van der Waals surface area contributed by atoms with Gasteiger partial charge in [-0.15, -0.1) is 12.4 Å². The van der Waals surface area contributed by atoms with Gasteiger partial charge in [-0.1, -0.05) is 12.8 Å². The highest BCUT2D eigenvalue weighted by Crippen LogP contribution is 2.42. The number of carbonyl (C=O) groups excluding carboxylic acids is 1. The van der Waals surface area contributed by atoms with Crippen LogP contribution in [0.1, 0.15) is 37.7 Å². The molecule has 2 atom stereocenters. The quantitative estimate of drug-likeness (QED) is 0.795. The van der Waals surface area contributed by atoms with E-state index in [4.69, 9.17) is 0 Å². The first-order valence-corrected chi connectivity index (χ1v) is 8.19. The van der Waals surface area contributed by atoms with E-state index in [2.05, 4.69) is 10.6 Å². The van der Waals surface area contributed by atoms with Crippen LogP contribution in [-0.4, -0.2) is 18.6 Å². The predicted octanol–water partition coefficient (Wildman–Crippen LogP) is 4.77. The minimum absolute atomic E-state index is 0. The lowest BCUT2D eigenvalue weighted by atomic mass is 9.78. The summed E-state index contributed by atoms with van der Waals surface area (Å²) in [5.74, 6) is -3.00. The number of anilines is 2. The summed E-state index contributed by atoms with van der Waals surface area (Å²) in [6, 6.07) is 5.50. The Labute approximate surface area is 145 Å². The zero-order valence-electron chi connectivity index (χ0n) is 13.3. The van der Waals surface area contributed by atoms with Crippen LogP contribution < -0.4 is 10.6 Å². The van der Waals surface area contributed by atoms with Crippen LogP contribution >= 0.6 is 12.4 Å². The van der Waals surface area contributed by atoms with Gasteiger partial charge in [0.15, 0.2) is 0 Å². The molecule has 3 nitrogen and oxygen atoms in total. The van der Waals surface area contributed by atoms with Gasteiger partial charge in [0.1, 0.15) is 0 Å². The van der Waals surface area contributed by atoms with Crippen LogP contribution in [0, 0.1) is 11.8 Å². The minimum atomic E-state index is -4.30. The van der Waals surface area contributed by atoms with Crippen molar-refractivity contribution in [2.24, 2.45) is 11.8 Å². The summed E-state index contributed by atoms with van der Waals surface area (Å²) >= 11 is 0. The maximum absolute atomic E-state index is 13.1. The number of aryl methyl sites for hydroxylation is 1. The SMILES string of the molecule is Cl.O=C(Nc1ccc2c(c1)CCCN2)C1CCCCC1C(F)(F)F. The van der Waals surface area contributed by atoms with Crippen molar-refractivity contribution in [3.05, 3.63) is 23.8 Å². The maximum Gasteiger partial charge on any atom is 0.392 e. The second-order valence-electron chi connectivity index (χ2n) is 6.43. The van der Waals surface area contributed by atoms with E-state index in [0.29, 0.717) is 24.9 Å². The lowest BCUT2D eigenvalue weighted by Gasteiger charge is -2.32. The molecule has 3 rings (SSSR count). The van der Waals surface area contributed by atoms with Crippen molar-refractivity contribution in [2.75, 3.05) is 17.2 Å². The number of amides is 1. The van der Waals surface area contributed by atoms with E-state index >= 15 is 0 Å². The smallest absolute Gasteiger partial charge is 0.385 e. The normalized spacial score (nSPS) is 23.5. The molecule has 1 aromatic rings. The van der Waals surface area contributed by atoms with Gasteiger partial charge in [0.2, 0.25) is 5.91 Å². The van der Waals surface area contributed by atoms with Crippen molar-refractivity contribution in [1.29, 1.82) is 0 Å². The molecule has 0 spiro atoms. The van der Waals surface area contributed by atoms with E-state index in [0.717, 1.165) is 30.6 Å². The third kappa shape index (κ3) is 4.15. The van der Waals surface area contributed by atoms with E-state index in [9.17, 15) is 18.0 Å². The Morgan fingerprint density at radius 1 is 1.17 bits per heavy atom. The lowest BCUT2D eigenvalue weighted by molar-refractivity contribution is -0.197. The van der Waals surface area contributed by atoms with Crippen LogP contribution in [0.25, 0.3) is 0 Å². The highest BCUT2D eigenvalue weighted by Gasteiger charge is 2.48. The molecule has 0 aromatic heterocycles. The molecule has 2 aliphatic rings. The first-order chi connectivity index (χ1) is 10.9. The molecule has 0 bridgehead atoms. The van der Waals surface area contributed by atoms with Gasteiger partial charge < -0.3 is 10.6 Å². The number of nitrogens with one attached hydrogen (secondary N) is 2. The summed E-state index contributed by atoms with van der Waals surface area (Å²) < 4.78 is 39.4. The number of fused-ring (bicyclic) bond motifs is 1. The topological polar surface area (TPSA) is 41.1 Å². The average Bonchev–Trinajstić information content (AvgIpc) is 2.54. The minimum Gasteiger partial charge on any atom is -0.385 e. The number of hydrogen-bond acceptors (Lipinski definition) is 2. The molecule has 2 unspecified atom stereocenters. The molecule has 1 aliphatic heterocycles. The molecule has 7 heteroatoms. The van der Waals surface area contributed by atoms with Gasteiger partial charge >= 0.3 is 6.18 Å². The zero-order chi connectivity index (χ0) is 16.4. The number of rotatable bonds is 2. The van der Waals surface area contributed by atoms with Gasteiger partial charge in [-0.3, -0.25) is 4.79 Å². The molecule has 24 heavy (non-hydrogen) atoms. The molecule has 1 fully saturated rings. The molecule has 0 radical (unpaired) electrons. The number of benzene rings is 1. The average molecular weight is 363 g/mol. The van der Waals surface area contributed by atoms with Gasteiger partial charge in [0, 0.05) is 23.8 Å². The molecular formula is C17H22ClF3N2O. The number of alkyl halides is 3. The summed E-state index contributed by atoms with van der Waals surface area (Å²) in [7, 11) is 0. The molecule has 1 amide bonds. The van der Waals surface area contributed by atoms with Crippen molar-refractivity contribution in [3.8, 4) is 0 Å². The Kier molecular flexibility index (Phi) is 6.01. The first-order valence-electron chi connectivity index (χ1n) is 8.19. The van der Waals surface area contributed by atoms with Gasteiger partial charge in [-0.2, -0.15) is 13.2 Å². The molecule has 1 aliphatic carbocycles. The predicted molar refractivity (Wildman–Crippen MR) is 90.6 cm³/mol. The Morgan fingerprint density at radius 3 is 2.67 bits per heavy atom. The van der Waals surface area contributed by atoms with Crippen LogP contribution in [0.3, 0.4) is 0 Å².